The number of likely N-dealkylation sites (N-methyl/N-ethyl adjacent to an activating group) is 4. The minimum Gasteiger partial charge on any atom is -0.458 e. The fourth-order valence-corrected chi connectivity index (χ4v) is 11.5. The Morgan fingerprint density at radius 3 is 1.52 bits per heavy atom. The van der Waals surface area contributed by atoms with Crippen molar-refractivity contribution in [3.05, 3.63) is 107 Å². The predicted octanol–water partition coefficient (Wildman–Crippen LogP) is 8.64. The summed E-state index contributed by atoms with van der Waals surface area (Å²) in [7, 11) is 5.54. The number of halogens is 2. The Kier molecular flexibility index (Phi) is 26.3. The largest absolute Gasteiger partial charge is 0.458 e. The lowest BCUT2D eigenvalue weighted by molar-refractivity contribution is -0.172. The zero-order valence-electron chi connectivity index (χ0n) is 53.8. The van der Waals surface area contributed by atoms with Crippen LogP contribution in [0, 0.1) is 11.8 Å². The van der Waals surface area contributed by atoms with E-state index >= 15 is 4.39 Å². The van der Waals surface area contributed by atoms with Gasteiger partial charge in [0.15, 0.2) is 25.4 Å². The number of nitrogens with one attached hydrogen (secondary N) is 1. The fraction of sp³-hybridized carbons (Fsp3) is 0.623. The number of carbonyl (C=O) groups excluding carboxylic acids is 8. The molecular weight excluding hydrogens is 1160 g/mol. The van der Waals surface area contributed by atoms with E-state index in [0.29, 0.717) is 49.9 Å². The van der Waals surface area contributed by atoms with Crippen molar-refractivity contribution in [1.29, 1.82) is 0 Å². The smallest absolute Gasteiger partial charge is 0.344 e. The standard InChI is InChI=1S/C69H94F2N4O15/c1-68(2,70)33-28-54(72-5)64(80)89-58(39-47-18-23-50(24-19-47)52-29-34-84-35-30-52)62(78)74(7)55(27-22-45-14-15-45)65(81)87-43-60(76)73(6)57(41-69(3,4)71)67(83)90-59(40-48-20-25-51(26-21-48)53-31-36-85-37-32-53)63(79)75(8)56(38-46-16-17-46)66(82)88-44-61(77)86-42-49-12-10-9-11-13-49/h9-13,18-21,23-26,45-46,52-59,72H,14-17,22,27-44H2,1-8H3/t54-,55-,56-,57-,58+,59+/m0/s1. The molecule has 0 bridgehead atoms. The van der Waals surface area contributed by atoms with Crippen molar-refractivity contribution in [3.8, 4) is 0 Å². The summed E-state index contributed by atoms with van der Waals surface area (Å²) in [6.45, 7) is 6.07. The quantitative estimate of drug-likeness (QED) is 0.0436. The fourth-order valence-electron chi connectivity index (χ4n) is 11.5. The molecule has 0 radical (unpaired) electrons. The average molecular weight is 1260 g/mol. The molecule has 3 aromatic carbocycles. The summed E-state index contributed by atoms with van der Waals surface area (Å²) < 4.78 is 70.3. The van der Waals surface area contributed by atoms with Gasteiger partial charge in [0.25, 0.3) is 17.7 Å². The van der Waals surface area contributed by atoms with Crippen molar-refractivity contribution in [3.63, 3.8) is 0 Å². The van der Waals surface area contributed by atoms with Crippen LogP contribution >= 0.6 is 0 Å². The van der Waals surface area contributed by atoms with E-state index < -0.39 is 115 Å². The monoisotopic (exact) mass is 1260 g/mol. The molecule has 2 heterocycles. The molecule has 3 aromatic rings. The van der Waals surface area contributed by atoms with Crippen molar-refractivity contribution in [2.75, 3.05) is 67.8 Å². The summed E-state index contributed by atoms with van der Waals surface area (Å²) in [5, 5.41) is 2.88. The van der Waals surface area contributed by atoms with E-state index in [0.717, 1.165) is 77.9 Å². The van der Waals surface area contributed by atoms with E-state index in [1.807, 2.05) is 54.6 Å². The molecule has 4 fully saturated rings. The molecule has 19 nitrogen and oxygen atoms in total. The van der Waals surface area contributed by atoms with Crippen LogP contribution in [0.25, 0.3) is 0 Å². The number of hydrogen-bond donors (Lipinski definition) is 1. The summed E-state index contributed by atoms with van der Waals surface area (Å²) >= 11 is 0. The minimum absolute atomic E-state index is 0.0278. The lowest BCUT2D eigenvalue weighted by atomic mass is 9.90. The van der Waals surface area contributed by atoms with Gasteiger partial charge in [-0.05, 0) is 144 Å². The number of carbonyl (C=O) groups is 8. The van der Waals surface area contributed by atoms with Crippen LogP contribution in [0.15, 0.2) is 78.9 Å². The minimum atomic E-state index is -2.10. The first-order valence-electron chi connectivity index (χ1n) is 32.0. The molecule has 0 unspecified atom stereocenters. The summed E-state index contributed by atoms with van der Waals surface area (Å²) in [6.07, 6.45) is 3.86. The Morgan fingerprint density at radius 2 is 1.03 bits per heavy atom. The molecule has 0 spiro atoms. The zero-order valence-corrected chi connectivity index (χ0v) is 53.8. The Bertz CT molecular complexity index is 2840. The maximum absolute atomic E-state index is 15.9. The third-order valence-corrected chi connectivity index (χ3v) is 17.6. The summed E-state index contributed by atoms with van der Waals surface area (Å²) in [5.41, 5.74) is 0.496. The Morgan fingerprint density at radius 1 is 0.544 bits per heavy atom. The van der Waals surface area contributed by atoms with E-state index in [-0.39, 0.29) is 62.9 Å². The Hall–Kier alpha value is -6.84. The molecule has 4 aliphatic rings. The number of alkyl halides is 2. The third-order valence-electron chi connectivity index (χ3n) is 17.6. The molecular formula is C69H94F2N4O15. The highest BCUT2D eigenvalue weighted by Crippen LogP contribution is 2.37. The van der Waals surface area contributed by atoms with E-state index in [2.05, 4.69) is 5.32 Å². The molecule has 6 atom stereocenters. The molecule has 2 saturated heterocycles. The molecule has 7 rings (SSSR count). The van der Waals surface area contributed by atoms with Crippen molar-refractivity contribution in [2.45, 2.75) is 197 Å². The summed E-state index contributed by atoms with van der Waals surface area (Å²) in [6, 6.07) is 19.1. The number of amides is 3. The first-order valence-corrected chi connectivity index (χ1v) is 32.0. The number of esters is 5. The maximum atomic E-state index is 15.9. The highest BCUT2D eigenvalue weighted by atomic mass is 19.1. The molecule has 0 aromatic heterocycles. The first-order chi connectivity index (χ1) is 42.9. The number of benzene rings is 3. The van der Waals surface area contributed by atoms with Gasteiger partial charge in [-0.2, -0.15) is 0 Å². The Balaban J connectivity index is 1.08. The van der Waals surface area contributed by atoms with E-state index in [4.69, 9.17) is 33.2 Å². The van der Waals surface area contributed by atoms with Crippen LogP contribution in [-0.2, 0) is 91.0 Å². The van der Waals surface area contributed by atoms with Crippen LogP contribution in [0.2, 0.25) is 0 Å². The van der Waals surface area contributed by atoms with E-state index in [1.165, 1.54) is 53.7 Å². The summed E-state index contributed by atoms with van der Waals surface area (Å²) in [4.78, 5) is 117. The second-order valence-corrected chi connectivity index (χ2v) is 26.0. The van der Waals surface area contributed by atoms with Gasteiger partial charge in [0.2, 0.25) is 0 Å². The van der Waals surface area contributed by atoms with Gasteiger partial charge in [0, 0.05) is 66.8 Å². The van der Waals surface area contributed by atoms with Crippen molar-refractivity contribution < 1.29 is 80.3 Å². The second kappa shape index (κ2) is 33.5. The molecule has 494 valence electrons. The third kappa shape index (κ3) is 22.5. The van der Waals surface area contributed by atoms with Gasteiger partial charge in [-0.15, -0.1) is 0 Å². The Labute approximate surface area is 528 Å². The van der Waals surface area contributed by atoms with Gasteiger partial charge in [0.1, 0.15) is 42.1 Å². The van der Waals surface area contributed by atoms with Gasteiger partial charge in [-0.3, -0.25) is 19.2 Å². The van der Waals surface area contributed by atoms with Gasteiger partial charge >= 0.3 is 29.8 Å². The number of rotatable bonds is 34. The first kappa shape index (κ1) is 70.6. The maximum Gasteiger partial charge on any atom is 0.344 e. The van der Waals surface area contributed by atoms with Crippen LogP contribution in [0.4, 0.5) is 8.78 Å². The average Bonchev–Trinajstić information content (AvgIpc) is 4.30. The van der Waals surface area contributed by atoms with Gasteiger partial charge in [-0.25, -0.2) is 28.0 Å². The van der Waals surface area contributed by atoms with Crippen LogP contribution in [0.3, 0.4) is 0 Å². The highest BCUT2D eigenvalue weighted by molar-refractivity contribution is 5.92. The molecule has 2 aliphatic heterocycles. The lowest BCUT2D eigenvalue weighted by Gasteiger charge is -2.33. The zero-order chi connectivity index (χ0) is 65.1. The van der Waals surface area contributed by atoms with Crippen molar-refractivity contribution in [2.24, 2.45) is 11.8 Å². The summed E-state index contributed by atoms with van der Waals surface area (Å²) in [5.74, 6) is -6.09. The van der Waals surface area contributed by atoms with Crippen LogP contribution in [-0.4, -0.2) is 178 Å². The molecule has 2 saturated carbocycles. The lowest BCUT2D eigenvalue weighted by Crippen LogP contribution is -2.53. The van der Waals surface area contributed by atoms with E-state index in [9.17, 15) is 42.7 Å². The van der Waals surface area contributed by atoms with Crippen LogP contribution in [0.5, 0.6) is 0 Å². The van der Waals surface area contributed by atoms with Gasteiger partial charge < -0.3 is 53.2 Å². The predicted molar refractivity (Wildman–Crippen MR) is 330 cm³/mol. The van der Waals surface area contributed by atoms with Crippen LogP contribution < -0.4 is 5.32 Å². The SMILES string of the molecule is CN[C@@H](CCC(C)(C)F)C(=O)O[C@H](Cc1ccc(C2CCOCC2)cc1)C(=O)N(C)[C@@H](CCC1CC1)C(=O)OCC(=O)N(C)[C@@H](CC(C)(C)F)C(=O)O[C@H](Cc1ccc(C2CCOCC2)cc1)C(=O)N(C)[C@@H](CC1CC1)C(=O)OCC(=O)OCc1ccccc1. The molecule has 21 heteroatoms. The molecule has 90 heavy (non-hydrogen) atoms. The van der Waals surface area contributed by atoms with E-state index in [1.54, 1.807) is 31.3 Å². The van der Waals surface area contributed by atoms with Gasteiger partial charge in [-0.1, -0.05) is 105 Å². The second-order valence-electron chi connectivity index (χ2n) is 26.0. The molecule has 1 N–H and O–H groups in total. The number of nitrogens with zero attached hydrogens (tertiary/aromatic N) is 3. The van der Waals surface area contributed by atoms with Crippen molar-refractivity contribution >= 4 is 47.6 Å². The highest BCUT2D eigenvalue weighted by Gasteiger charge is 2.43. The normalized spacial score (nSPS) is 17.7. The topological polar surface area (TPSA) is 223 Å². The van der Waals surface area contributed by atoms with Crippen molar-refractivity contribution in [1.82, 2.24) is 20.0 Å². The molecule has 2 aliphatic carbocycles. The molecule has 3 amide bonds. The van der Waals surface area contributed by atoms with Crippen LogP contribution in [0.1, 0.15) is 157 Å². The number of ether oxygens (including phenoxy) is 7. The van der Waals surface area contributed by atoms with Gasteiger partial charge in [0.05, 0.1) is 0 Å². The number of hydrogen-bond acceptors (Lipinski definition) is 16.